The van der Waals surface area contributed by atoms with Crippen LogP contribution in [0, 0.1) is 0 Å². The maximum absolute atomic E-state index is 5.80. The lowest BCUT2D eigenvalue weighted by Gasteiger charge is -2.17. The van der Waals surface area contributed by atoms with Crippen LogP contribution in [0.15, 0.2) is 11.2 Å². The fourth-order valence-electron chi connectivity index (χ4n) is 0.512. The molecule has 1 nitrogen and oxygen atoms in total. The van der Waals surface area contributed by atoms with E-state index < -0.39 is 0 Å². The molecule has 0 atom stereocenters. The second-order valence-corrected chi connectivity index (χ2v) is 3.53. The molecular formula is C7H15ClN+. The highest BCUT2D eigenvalue weighted by molar-refractivity contribution is 6.29. The number of halogens is 1. The molecule has 0 aliphatic carbocycles. The molecule has 0 aromatic carbocycles. The SMILES string of the molecule is CCC(Cl)=C[N+](C)(C)C. The predicted molar refractivity (Wildman–Crippen MR) is 42.3 cm³/mol. The Balaban J connectivity index is 3.95. The minimum absolute atomic E-state index is 0.798. The van der Waals surface area contributed by atoms with E-state index in [9.17, 15) is 0 Å². The fourth-order valence-corrected chi connectivity index (χ4v) is 0.804. The summed E-state index contributed by atoms with van der Waals surface area (Å²) in [4.78, 5) is 0. The molecular weight excluding hydrogens is 134 g/mol. The van der Waals surface area contributed by atoms with Crippen molar-refractivity contribution in [3.8, 4) is 0 Å². The van der Waals surface area contributed by atoms with Crippen LogP contribution in [0.3, 0.4) is 0 Å². The molecule has 0 heterocycles. The van der Waals surface area contributed by atoms with E-state index in [1.54, 1.807) is 0 Å². The molecule has 0 aliphatic rings. The number of allylic oxidation sites excluding steroid dienone is 1. The van der Waals surface area contributed by atoms with Crippen molar-refractivity contribution in [3.05, 3.63) is 11.2 Å². The molecule has 0 saturated carbocycles. The average molecular weight is 149 g/mol. The van der Waals surface area contributed by atoms with E-state index >= 15 is 0 Å². The highest BCUT2D eigenvalue weighted by atomic mass is 35.5. The molecule has 0 rings (SSSR count). The molecule has 0 unspecified atom stereocenters. The largest absolute Gasteiger partial charge is 0.304 e. The Bertz CT molecular complexity index is 111. The van der Waals surface area contributed by atoms with Gasteiger partial charge in [0.2, 0.25) is 0 Å². The highest BCUT2D eigenvalue weighted by Gasteiger charge is 2.02. The Morgan fingerprint density at radius 1 is 1.44 bits per heavy atom. The molecule has 0 spiro atoms. The lowest BCUT2D eigenvalue weighted by Crippen LogP contribution is -2.27. The number of rotatable bonds is 2. The van der Waals surface area contributed by atoms with Crippen molar-refractivity contribution in [1.29, 1.82) is 0 Å². The summed E-state index contributed by atoms with van der Waals surface area (Å²) in [7, 11) is 6.24. The van der Waals surface area contributed by atoms with Gasteiger partial charge in [0.25, 0.3) is 0 Å². The van der Waals surface area contributed by atoms with Crippen LogP contribution >= 0.6 is 11.6 Å². The lowest BCUT2D eigenvalue weighted by atomic mass is 10.4. The zero-order chi connectivity index (χ0) is 7.49. The van der Waals surface area contributed by atoms with Gasteiger partial charge in [0, 0.05) is 0 Å². The fraction of sp³-hybridized carbons (Fsp3) is 0.714. The van der Waals surface area contributed by atoms with Crippen molar-refractivity contribution in [2.75, 3.05) is 21.1 Å². The van der Waals surface area contributed by atoms with Crippen LogP contribution in [0.25, 0.3) is 0 Å². The smallest absolute Gasteiger partial charge is 0.110 e. The summed E-state index contributed by atoms with van der Waals surface area (Å²) in [6.45, 7) is 2.05. The van der Waals surface area contributed by atoms with E-state index in [0.29, 0.717) is 0 Å². The number of hydrogen-bond acceptors (Lipinski definition) is 0. The zero-order valence-electron chi connectivity index (χ0n) is 6.61. The first-order valence-corrected chi connectivity index (χ1v) is 3.52. The minimum atomic E-state index is 0.798. The molecule has 0 aliphatic heterocycles. The molecule has 0 aromatic heterocycles. The number of hydrogen-bond donors (Lipinski definition) is 0. The molecule has 54 valence electrons. The van der Waals surface area contributed by atoms with E-state index in [2.05, 4.69) is 28.1 Å². The van der Waals surface area contributed by atoms with Crippen LogP contribution in [0.2, 0.25) is 0 Å². The van der Waals surface area contributed by atoms with Crippen molar-refractivity contribution < 1.29 is 4.48 Å². The summed E-state index contributed by atoms with van der Waals surface area (Å²) >= 11 is 5.80. The topological polar surface area (TPSA) is 0 Å². The van der Waals surface area contributed by atoms with Gasteiger partial charge < -0.3 is 4.48 Å². The molecule has 0 aromatic rings. The van der Waals surface area contributed by atoms with E-state index in [1.807, 2.05) is 6.20 Å². The van der Waals surface area contributed by atoms with Gasteiger partial charge in [-0.15, -0.1) is 0 Å². The average Bonchev–Trinajstić information content (AvgIpc) is 1.62. The van der Waals surface area contributed by atoms with Crippen LogP contribution in [0.1, 0.15) is 13.3 Å². The van der Waals surface area contributed by atoms with E-state index in [1.165, 1.54) is 0 Å². The van der Waals surface area contributed by atoms with Crippen LogP contribution < -0.4 is 0 Å². The second kappa shape index (κ2) is 3.23. The van der Waals surface area contributed by atoms with Crippen molar-refractivity contribution in [2.24, 2.45) is 0 Å². The third-order valence-electron chi connectivity index (χ3n) is 0.865. The van der Waals surface area contributed by atoms with Gasteiger partial charge in [-0.3, -0.25) is 0 Å². The Morgan fingerprint density at radius 2 is 1.89 bits per heavy atom. The lowest BCUT2D eigenvalue weighted by molar-refractivity contribution is -0.817. The minimum Gasteiger partial charge on any atom is -0.304 e. The Hall–Kier alpha value is -0.0100. The quantitative estimate of drug-likeness (QED) is 0.527. The van der Waals surface area contributed by atoms with Gasteiger partial charge in [0.15, 0.2) is 0 Å². The van der Waals surface area contributed by atoms with Crippen molar-refractivity contribution in [2.45, 2.75) is 13.3 Å². The van der Waals surface area contributed by atoms with Crippen LogP contribution in [0.4, 0.5) is 0 Å². The molecule has 9 heavy (non-hydrogen) atoms. The van der Waals surface area contributed by atoms with Crippen molar-refractivity contribution in [1.82, 2.24) is 0 Å². The van der Waals surface area contributed by atoms with Gasteiger partial charge in [-0.25, -0.2) is 0 Å². The standard InChI is InChI=1S/C7H15ClN/c1-5-7(8)6-9(2,3)4/h6H,5H2,1-4H3/q+1. The summed E-state index contributed by atoms with van der Waals surface area (Å²) in [6, 6.07) is 0. The summed E-state index contributed by atoms with van der Waals surface area (Å²) in [6.07, 6.45) is 2.96. The zero-order valence-corrected chi connectivity index (χ0v) is 7.37. The third-order valence-corrected chi connectivity index (χ3v) is 1.23. The first-order chi connectivity index (χ1) is 3.95. The van der Waals surface area contributed by atoms with Gasteiger partial charge in [0.1, 0.15) is 6.20 Å². The summed E-state index contributed by atoms with van der Waals surface area (Å²) in [5.41, 5.74) is 0. The van der Waals surface area contributed by atoms with Crippen molar-refractivity contribution >= 4 is 11.6 Å². The third kappa shape index (κ3) is 5.87. The van der Waals surface area contributed by atoms with Gasteiger partial charge in [-0.05, 0) is 6.42 Å². The second-order valence-electron chi connectivity index (χ2n) is 3.05. The molecule has 0 fully saturated rings. The highest BCUT2D eigenvalue weighted by Crippen LogP contribution is 2.08. The number of nitrogens with zero attached hydrogens (tertiary/aromatic N) is 1. The Morgan fingerprint density at radius 3 is 2.00 bits per heavy atom. The van der Waals surface area contributed by atoms with Gasteiger partial charge in [-0.2, -0.15) is 0 Å². The Kier molecular flexibility index (Phi) is 3.23. The number of quaternary nitrogens is 1. The van der Waals surface area contributed by atoms with E-state index in [-0.39, 0.29) is 0 Å². The monoisotopic (exact) mass is 148 g/mol. The van der Waals surface area contributed by atoms with Crippen LogP contribution in [0.5, 0.6) is 0 Å². The van der Waals surface area contributed by atoms with Gasteiger partial charge >= 0.3 is 0 Å². The predicted octanol–water partition coefficient (Wildman–Crippen LogP) is 2.18. The maximum atomic E-state index is 5.80. The van der Waals surface area contributed by atoms with Crippen LogP contribution in [-0.2, 0) is 0 Å². The molecule has 2 heteroatoms. The van der Waals surface area contributed by atoms with Gasteiger partial charge in [-0.1, -0.05) is 18.5 Å². The molecule has 0 saturated heterocycles. The molecule has 0 amide bonds. The van der Waals surface area contributed by atoms with E-state index in [4.69, 9.17) is 11.6 Å². The Labute approximate surface area is 62.5 Å². The van der Waals surface area contributed by atoms with Crippen molar-refractivity contribution in [3.63, 3.8) is 0 Å². The summed E-state index contributed by atoms with van der Waals surface area (Å²) < 4.78 is 0.798. The van der Waals surface area contributed by atoms with E-state index in [0.717, 1.165) is 15.9 Å². The first-order valence-electron chi connectivity index (χ1n) is 3.14. The van der Waals surface area contributed by atoms with Crippen LogP contribution in [-0.4, -0.2) is 25.6 Å². The molecule has 0 bridgehead atoms. The van der Waals surface area contributed by atoms with Gasteiger partial charge in [0.05, 0.1) is 26.2 Å². The summed E-state index contributed by atoms with van der Waals surface area (Å²) in [5, 5.41) is 0.933. The normalized spacial score (nSPS) is 14.1. The molecule has 0 radical (unpaired) electrons. The maximum Gasteiger partial charge on any atom is 0.110 e. The molecule has 0 N–H and O–H groups in total. The first kappa shape index (κ1) is 8.99. The summed E-state index contributed by atoms with van der Waals surface area (Å²) in [5.74, 6) is 0.